The normalized spacial score (nSPS) is 20.8. The van der Waals surface area contributed by atoms with Gasteiger partial charge in [-0.2, -0.15) is 0 Å². The van der Waals surface area contributed by atoms with Crippen LogP contribution in [0.15, 0.2) is 16.3 Å². The van der Waals surface area contributed by atoms with Crippen molar-refractivity contribution in [2.75, 3.05) is 6.54 Å². The lowest BCUT2D eigenvalue weighted by molar-refractivity contribution is 0.0702. The maximum absolute atomic E-state index is 12.1. The first-order valence-corrected chi connectivity index (χ1v) is 8.63. The van der Waals surface area contributed by atoms with Crippen molar-refractivity contribution >= 4 is 27.3 Å². The van der Waals surface area contributed by atoms with Crippen LogP contribution in [0.1, 0.15) is 37.4 Å². The average Bonchev–Trinajstić information content (AvgIpc) is 2.73. The van der Waals surface area contributed by atoms with Gasteiger partial charge in [0.25, 0.3) is 0 Å². The van der Waals surface area contributed by atoms with E-state index in [1.165, 1.54) is 12.1 Å². The molecule has 0 atom stereocenters. The molecule has 2 N–H and O–H groups in total. The summed E-state index contributed by atoms with van der Waals surface area (Å²) in [4.78, 5) is 10.8. The highest BCUT2D eigenvalue weighted by Gasteiger charge is 2.64. The lowest BCUT2D eigenvalue weighted by Crippen LogP contribution is -2.26. The average molecular weight is 317 g/mol. The van der Waals surface area contributed by atoms with Crippen LogP contribution in [0.25, 0.3) is 0 Å². The van der Waals surface area contributed by atoms with Gasteiger partial charge in [0.1, 0.15) is 9.09 Å². The SMILES string of the molecule is CC1(C)C(CNS(=O)(=O)c2ccc(C(=O)O)s2)C1(C)C. The first-order valence-electron chi connectivity index (χ1n) is 6.33. The van der Waals surface area contributed by atoms with E-state index in [0.29, 0.717) is 6.54 Å². The number of hydrogen-bond acceptors (Lipinski definition) is 4. The number of carboxylic acids is 1. The van der Waals surface area contributed by atoms with E-state index in [9.17, 15) is 13.2 Å². The zero-order valence-corrected chi connectivity index (χ0v) is 13.6. The van der Waals surface area contributed by atoms with E-state index in [4.69, 9.17) is 5.11 Å². The standard InChI is InChI=1S/C13H19NO4S2/c1-12(2)9(13(12,3)4)7-14-20(17,18)10-6-5-8(19-10)11(15)16/h5-6,9,14H,7H2,1-4H3,(H,15,16). The van der Waals surface area contributed by atoms with Gasteiger partial charge in [-0.15, -0.1) is 11.3 Å². The maximum Gasteiger partial charge on any atom is 0.345 e. The van der Waals surface area contributed by atoms with Crippen molar-refractivity contribution < 1.29 is 18.3 Å². The monoisotopic (exact) mass is 317 g/mol. The Morgan fingerprint density at radius 2 is 1.85 bits per heavy atom. The highest BCUT2D eigenvalue weighted by atomic mass is 32.2. The zero-order chi connectivity index (χ0) is 15.3. The summed E-state index contributed by atoms with van der Waals surface area (Å²) in [6.07, 6.45) is 0. The van der Waals surface area contributed by atoms with Crippen molar-refractivity contribution in [1.29, 1.82) is 0 Å². The number of carboxylic acid groups (broad SMARTS) is 1. The molecular weight excluding hydrogens is 298 g/mol. The van der Waals surface area contributed by atoms with Crippen molar-refractivity contribution in [3.63, 3.8) is 0 Å². The number of nitrogens with one attached hydrogen (secondary N) is 1. The molecule has 0 saturated heterocycles. The molecule has 1 fully saturated rings. The van der Waals surface area contributed by atoms with Crippen molar-refractivity contribution in [3.05, 3.63) is 17.0 Å². The van der Waals surface area contributed by atoms with Crippen LogP contribution >= 0.6 is 11.3 Å². The summed E-state index contributed by atoms with van der Waals surface area (Å²) in [5.41, 5.74) is 0.217. The van der Waals surface area contributed by atoms with E-state index < -0.39 is 16.0 Å². The summed E-state index contributed by atoms with van der Waals surface area (Å²) in [5, 5.41) is 8.82. The van der Waals surface area contributed by atoms with E-state index in [-0.39, 0.29) is 25.8 Å². The summed E-state index contributed by atoms with van der Waals surface area (Å²) in [6.45, 7) is 8.88. The van der Waals surface area contributed by atoms with E-state index >= 15 is 0 Å². The number of rotatable bonds is 5. The zero-order valence-electron chi connectivity index (χ0n) is 11.9. The predicted molar refractivity (Wildman–Crippen MR) is 77.5 cm³/mol. The van der Waals surface area contributed by atoms with Gasteiger partial charge < -0.3 is 5.11 Å². The Kier molecular flexibility index (Phi) is 3.51. The highest BCUT2D eigenvalue weighted by molar-refractivity contribution is 7.91. The Labute approximate surface area is 123 Å². The van der Waals surface area contributed by atoms with Gasteiger partial charge in [0, 0.05) is 6.54 Å². The molecule has 7 heteroatoms. The Balaban J connectivity index is 2.07. The van der Waals surface area contributed by atoms with Crippen LogP contribution in [0.5, 0.6) is 0 Å². The van der Waals surface area contributed by atoms with Gasteiger partial charge in [-0.05, 0) is 28.9 Å². The highest BCUT2D eigenvalue weighted by Crippen LogP contribution is 2.67. The van der Waals surface area contributed by atoms with Crippen molar-refractivity contribution in [2.24, 2.45) is 16.7 Å². The minimum absolute atomic E-state index is 0.0254. The van der Waals surface area contributed by atoms with E-state index in [2.05, 4.69) is 32.4 Å². The minimum Gasteiger partial charge on any atom is -0.477 e. The number of sulfonamides is 1. The van der Waals surface area contributed by atoms with Crippen LogP contribution in [-0.2, 0) is 10.0 Å². The van der Waals surface area contributed by atoms with Crippen LogP contribution in [-0.4, -0.2) is 26.0 Å². The molecule has 0 aromatic carbocycles. The molecule has 1 aromatic rings. The second-order valence-electron chi connectivity index (χ2n) is 6.27. The first kappa shape index (κ1) is 15.5. The maximum atomic E-state index is 12.1. The molecular formula is C13H19NO4S2. The van der Waals surface area contributed by atoms with Crippen molar-refractivity contribution in [1.82, 2.24) is 4.72 Å². The lowest BCUT2D eigenvalue weighted by Gasteiger charge is -2.05. The van der Waals surface area contributed by atoms with Crippen LogP contribution < -0.4 is 4.72 Å². The fraction of sp³-hybridized carbons (Fsp3) is 0.615. The molecule has 5 nitrogen and oxygen atoms in total. The molecule has 0 bridgehead atoms. The van der Waals surface area contributed by atoms with Crippen molar-refractivity contribution in [3.8, 4) is 0 Å². The van der Waals surface area contributed by atoms with E-state index in [1.54, 1.807) is 0 Å². The smallest absolute Gasteiger partial charge is 0.345 e. The minimum atomic E-state index is -3.62. The van der Waals surface area contributed by atoms with Gasteiger partial charge in [-0.25, -0.2) is 17.9 Å². The molecule has 0 radical (unpaired) electrons. The third kappa shape index (κ3) is 2.38. The van der Waals surface area contributed by atoms with Gasteiger partial charge >= 0.3 is 5.97 Å². The number of hydrogen-bond donors (Lipinski definition) is 2. The summed E-state index contributed by atoms with van der Waals surface area (Å²) in [7, 11) is -3.62. The topological polar surface area (TPSA) is 83.5 Å². The van der Waals surface area contributed by atoms with Gasteiger partial charge in [0.15, 0.2) is 0 Å². The predicted octanol–water partition coefficient (Wildman–Crippen LogP) is 2.41. The quantitative estimate of drug-likeness (QED) is 0.873. The Morgan fingerprint density at radius 1 is 1.30 bits per heavy atom. The Bertz CT molecular complexity index is 629. The van der Waals surface area contributed by atoms with E-state index in [0.717, 1.165) is 11.3 Å². The van der Waals surface area contributed by atoms with Crippen LogP contribution in [0.3, 0.4) is 0 Å². The third-order valence-corrected chi connectivity index (χ3v) is 7.84. The summed E-state index contributed by atoms with van der Waals surface area (Å²) in [6, 6.07) is 2.65. The van der Waals surface area contributed by atoms with Crippen molar-refractivity contribution in [2.45, 2.75) is 31.9 Å². The lowest BCUT2D eigenvalue weighted by atomic mass is 10.0. The van der Waals surface area contributed by atoms with Crippen LogP contribution in [0, 0.1) is 16.7 Å². The molecule has 0 unspecified atom stereocenters. The van der Waals surface area contributed by atoms with Crippen LogP contribution in [0.2, 0.25) is 0 Å². The molecule has 1 saturated carbocycles. The second kappa shape index (κ2) is 4.54. The largest absolute Gasteiger partial charge is 0.477 e. The molecule has 1 aliphatic carbocycles. The van der Waals surface area contributed by atoms with Gasteiger partial charge in [0.05, 0.1) is 0 Å². The third-order valence-electron chi connectivity index (χ3n) is 4.85. The molecule has 0 spiro atoms. The molecule has 1 aromatic heterocycles. The first-order chi connectivity index (χ1) is 9.00. The molecule has 20 heavy (non-hydrogen) atoms. The molecule has 1 heterocycles. The van der Waals surface area contributed by atoms with E-state index in [1.807, 2.05) is 0 Å². The molecule has 2 rings (SSSR count). The fourth-order valence-corrected chi connectivity index (χ4v) is 4.92. The second-order valence-corrected chi connectivity index (χ2v) is 9.35. The number of thiophene rings is 1. The molecule has 1 aliphatic rings. The molecule has 112 valence electrons. The van der Waals surface area contributed by atoms with Gasteiger partial charge in [0.2, 0.25) is 10.0 Å². The number of carbonyl (C=O) groups is 1. The Morgan fingerprint density at radius 3 is 2.25 bits per heavy atom. The summed E-state index contributed by atoms with van der Waals surface area (Å²) in [5.74, 6) is -0.829. The summed E-state index contributed by atoms with van der Waals surface area (Å²) < 4.78 is 26.9. The fourth-order valence-electron chi connectivity index (χ4n) is 2.69. The Hall–Kier alpha value is -0.920. The van der Waals surface area contributed by atoms with Gasteiger partial charge in [-0.3, -0.25) is 0 Å². The summed E-state index contributed by atoms with van der Waals surface area (Å²) >= 11 is 0.770. The van der Waals surface area contributed by atoms with Gasteiger partial charge in [-0.1, -0.05) is 27.7 Å². The van der Waals surface area contributed by atoms with Crippen LogP contribution in [0.4, 0.5) is 0 Å². The molecule has 0 aliphatic heterocycles. The number of aromatic carboxylic acids is 1. The molecule has 0 amide bonds.